The van der Waals surface area contributed by atoms with Crippen molar-refractivity contribution < 1.29 is 24.2 Å². The Morgan fingerprint density at radius 3 is 2.53 bits per heavy atom. The zero-order valence-corrected chi connectivity index (χ0v) is 11.3. The number of aliphatic carboxylic acids is 1. The predicted molar refractivity (Wildman–Crippen MR) is 69.9 cm³/mol. The lowest BCUT2D eigenvalue weighted by Crippen LogP contribution is -2.30. The predicted octanol–water partition coefficient (Wildman–Crippen LogP) is 2.39. The summed E-state index contributed by atoms with van der Waals surface area (Å²) in [7, 11) is 0. The second kappa shape index (κ2) is 6.22. The van der Waals surface area contributed by atoms with Gasteiger partial charge < -0.3 is 14.6 Å². The van der Waals surface area contributed by atoms with Gasteiger partial charge in [0.1, 0.15) is 12.9 Å². The molecule has 19 heavy (non-hydrogen) atoms. The van der Waals surface area contributed by atoms with Crippen LogP contribution in [0.2, 0.25) is 0 Å². The lowest BCUT2D eigenvalue weighted by molar-refractivity contribution is -0.148. The number of ether oxygens (including phenoxy) is 2. The maximum absolute atomic E-state index is 11.0. The summed E-state index contributed by atoms with van der Waals surface area (Å²) in [5.41, 5.74) is -0.513. The van der Waals surface area contributed by atoms with Crippen molar-refractivity contribution in [2.75, 3.05) is 13.2 Å². The van der Waals surface area contributed by atoms with E-state index < -0.39 is 11.4 Å². The molecule has 104 valence electrons. The van der Waals surface area contributed by atoms with Gasteiger partial charge in [-0.05, 0) is 39.0 Å². The Hall–Kier alpha value is -2.04. The first kappa shape index (κ1) is 15.0. The highest BCUT2D eigenvalue weighted by Crippen LogP contribution is 2.29. The van der Waals surface area contributed by atoms with Crippen LogP contribution in [-0.2, 0) is 4.79 Å². The molecule has 0 heterocycles. The van der Waals surface area contributed by atoms with Gasteiger partial charge in [0.2, 0.25) is 0 Å². The van der Waals surface area contributed by atoms with Crippen LogP contribution in [0, 0.1) is 5.41 Å². The van der Waals surface area contributed by atoms with Crippen LogP contribution in [0.25, 0.3) is 0 Å². The minimum atomic E-state index is -0.993. The first-order valence-corrected chi connectivity index (χ1v) is 5.99. The molecule has 0 aromatic heterocycles. The fourth-order valence-electron chi connectivity index (χ4n) is 1.31. The van der Waals surface area contributed by atoms with Gasteiger partial charge in [-0.1, -0.05) is 0 Å². The molecule has 0 saturated carbocycles. The number of hydrogen-bond donors (Lipinski definition) is 1. The Balaban J connectivity index is 2.88. The summed E-state index contributed by atoms with van der Waals surface area (Å²) in [4.78, 5) is 21.7. The number of carboxylic acid groups (broad SMARTS) is 1. The molecule has 0 bridgehead atoms. The van der Waals surface area contributed by atoms with Gasteiger partial charge in [-0.25, -0.2) is 0 Å². The topological polar surface area (TPSA) is 72.8 Å². The fourth-order valence-corrected chi connectivity index (χ4v) is 1.31. The zero-order chi connectivity index (χ0) is 14.5. The molecular formula is C14H18O5. The molecule has 5 heteroatoms. The SMILES string of the molecule is CCOc1cc(C=O)ccc1OCC(C)(C)C(=O)O. The molecule has 0 aliphatic rings. The van der Waals surface area contributed by atoms with Crippen LogP contribution in [0.5, 0.6) is 11.5 Å². The molecule has 0 aliphatic carbocycles. The molecule has 5 nitrogen and oxygen atoms in total. The molecule has 1 N–H and O–H groups in total. The van der Waals surface area contributed by atoms with Crippen LogP contribution < -0.4 is 9.47 Å². The minimum Gasteiger partial charge on any atom is -0.490 e. The number of benzene rings is 1. The highest BCUT2D eigenvalue weighted by molar-refractivity contribution is 5.76. The normalized spacial score (nSPS) is 10.9. The van der Waals surface area contributed by atoms with E-state index in [4.69, 9.17) is 14.6 Å². The van der Waals surface area contributed by atoms with Crippen molar-refractivity contribution in [3.8, 4) is 11.5 Å². The van der Waals surface area contributed by atoms with E-state index in [1.54, 1.807) is 32.0 Å². The van der Waals surface area contributed by atoms with Crippen molar-refractivity contribution in [3.63, 3.8) is 0 Å². The van der Waals surface area contributed by atoms with Crippen molar-refractivity contribution in [1.82, 2.24) is 0 Å². The van der Waals surface area contributed by atoms with Crippen LogP contribution in [0.1, 0.15) is 31.1 Å². The summed E-state index contributed by atoms with van der Waals surface area (Å²) in [6.45, 7) is 5.42. The maximum Gasteiger partial charge on any atom is 0.312 e. The molecule has 0 fully saturated rings. The van der Waals surface area contributed by atoms with E-state index in [0.29, 0.717) is 30.0 Å². The highest BCUT2D eigenvalue weighted by Gasteiger charge is 2.28. The quantitative estimate of drug-likeness (QED) is 0.767. The van der Waals surface area contributed by atoms with E-state index in [1.165, 1.54) is 0 Å². The standard InChI is InChI=1S/C14H18O5/c1-4-18-12-7-10(8-15)5-6-11(12)19-9-14(2,3)13(16)17/h5-8H,4,9H2,1-3H3,(H,16,17). The van der Waals surface area contributed by atoms with Crippen molar-refractivity contribution in [2.45, 2.75) is 20.8 Å². The summed E-state index contributed by atoms with van der Waals surface area (Å²) in [6, 6.07) is 4.77. The van der Waals surface area contributed by atoms with E-state index in [1.807, 2.05) is 6.92 Å². The van der Waals surface area contributed by atoms with Gasteiger partial charge in [0, 0.05) is 5.56 Å². The van der Waals surface area contributed by atoms with Gasteiger partial charge in [0.05, 0.1) is 12.0 Å². The monoisotopic (exact) mass is 266 g/mol. The lowest BCUT2D eigenvalue weighted by atomic mass is 9.95. The van der Waals surface area contributed by atoms with E-state index in [0.717, 1.165) is 0 Å². The first-order chi connectivity index (χ1) is 8.90. The van der Waals surface area contributed by atoms with Crippen molar-refractivity contribution in [1.29, 1.82) is 0 Å². The van der Waals surface area contributed by atoms with E-state index in [9.17, 15) is 9.59 Å². The Kier molecular flexibility index (Phi) is 4.92. The lowest BCUT2D eigenvalue weighted by Gasteiger charge is -2.20. The average molecular weight is 266 g/mol. The van der Waals surface area contributed by atoms with Crippen molar-refractivity contribution in [3.05, 3.63) is 23.8 Å². The summed E-state index contributed by atoms with van der Waals surface area (Å²) < 4.78 is 10.9. The molecule has 1 aromatic rings. The molecule has 1 rings (SSSR count). The number of carboxylic acids is 1. The second-order valence-electron chi connectivity index (χ2n) is 4.73. The molecule has 0 saturated heterocycles. The van der Waals surface area contributed by atoms with Gasteiger partial charge in [-0.3, -0.25) is 9.59 Å². The molecule has 0 aliphatic heterocycles. The number of rotatable bonds is 7. The summed E-state index contributed by atoms with van der Waals surface area (Å²) in [6.07, 6.45) is 0.716. The zero-order valence-electron chi connectivity index (χ0n) is 11.3. The third kappa shape index (κ3) is 3.98. The fraction of sp³-hybridized carbons (Fsp3) is 0.429. The maximum atomic E-state index is 11.0. The molecule has 1 aromatic carbocycles. The molecule has 0 radical (unpaired) electrons. The number of carbonyl (C=O) groups excluding carboxylic acids is 1. The van der Waals surface area contributed by atoms with Crippen molar-refractivity contribution in [2.24, 2.45) is 5.41 Å². The third-order valence-electron chi connectivity index (χ3n) is 2.57. The van der Waals surface area contributed by atoms with Gasteiger partial charge in [-0.15, -0.1) is 0 Å². The molecule has 0 spiro atoms. The number of carbonyl (C=O) groups is 2. The summed E-state index contributed by atoms with van der Waals surface area (Å²) in [5.74, 6) is -0.0648. The Morgan fingerprint density at radius 2 is 2.00 bits per heavy atom. The smallest absolute Gasteiger partial charge is 0.312 e. The van der Waals surface area contributed by atoms with Crippen LogP contribution in [-0.4, -0.2) is 30.6 Å². The Bertz CT molecular complexity index is 465. The molecule has 0 unspecified atom stereocenters. The number of hydrogen-bond acceptors (Lipinski definition) is 4. The summed E-state index contributed by atoms with van der Waals surface area (Å²) >= 11 is 0. The Labute approximate surface area is 112 Å². The van der Waals surface area contributed by atoms with E-state index >= 15 is 0 Å². The van der Waals surface area contributed by atoms with Crippen LogP contribution in [0.15, 0.2) is 18.2 Å². The first-order valence-electron chi connectivity index (χ1n) is 5.99. The van der Waals surface area contributed by atoms with Gasteiger partial charge in [0.15, 0.2) is 11.5 Å². The van der Waals surface area contributed by atoms with Crippen LogP contribution in [0.3, 0.4) is 0 Å². The largest absolute Gasteiger partial charge is 0.490 e. The number of aldehydes is 1. The van der Waals surface area contributed by atoms with Crippen LogP contribution >= 0.6 is 0 Å². The average Bonchev–Trinajstić information content (AvgIpc) is 2.37. The van der Waals surface area contributed by atoms with Gasteiger partial charge in [-0.2, -0.15) is 0 Å². The van der Waals surface area contributed by atoms with Gasteiger partial charge in [0.25, 0.3) is 0 Å². The highest BCUT2D eigenvalue weighted by atomic mass is 16.5. The summed E-state index contributed by atoms with van der Waals surface area (Å²) in [5, 5.41) is 9.02. The molecule has 0 amide bonds. The van der Waals surface area contributed by atoms with Crippen LogP contribution in [0.4, 0.5) is 0 Å². The third-order valence-corrected chi connectivity index (χ3v) is 2.57. The second-order valence-corrected chi connectivity index (χ2v) is 4.73. The molecule has 0 atom stereocenters. The van der Waals surface area contributed by atoms with Crippen molar-refractivity contribution >= 4 is 12.3 Å². The van der Waals surface area contributed by atoms with E-state index in [2.05, 4.69) is 0 Å². The molecular weight excluding hydrogens is 248 g/mol. The Morgan fingerprint density at radius 1 is 1.32 bits per heavy atom. The van der Waals surface area contributed by atoms with E-state index in [-0.39, 0.29) is 6.61 Å². The van der Waals surface area contributed by atoms with Gasteiger partial charge >= 0.3 is 5.97 Å². The minimum absolute atomic E-state index is 0.0167.